The fraction of sp³-hybridized carbons (Fsp3) is 1.00. The number of rotatable bonds is 1. The van der Waals surface area contributed by atoms with Gasteiger partial charge < -0.3 is 5.32 Å². The van der Waals surface area contributed by atoms with Crippen LogP contribution >= 0.6 is 0 Å². The van der Waals surface area contributed by atoms with Crippen molar-refractivity contribution in [2.45, 2.75) is 37.5 Å². The van der Waals surface area contributed by atoms with Crippen molar-refractivity contribution in [2.24, 2.45) is 0 Å². The first-order valence-electron chi connectivity index (χ1n) is 4.53. The van der Waals surface area contributed by atoms with Crippen LogP contribution in [-0.2, 0) is 9.84 Å². The highest BCUT2D eigenvalue weighted by atomic mass is 32.2. The van der Waals surface area contributed by atoms with Gasteiger partial charge in [0.15, 0.2) is 9.84 Å². The zero-order valence-corrected chi connectivity index (χ0v) is 8.36. The van der Waals surface area contributed by atoms with Crippen LogP contribution in [0.25, 0.3) is 0 Å². The largest absolute Gasteiger partial charge is 0.301 e. The average molecular weight is 191 g/mol. The molecule has 0 aromatic heterocycles. The van der Waals surface area contributed by atoms with Crippen LogP contribution < -0.4 is 5.32 Å². The second-order valence-corrected chi connectivity index (χ2v) is 5.70. The van der Waals surface area contributed by atoms with Crippen LogP contribution in [0.5, 0.6) is 0 Å². The lowest BCUT2D eigenvalue weighted by atomic mass is 10.1. The Bertz CT molecular complexity index is 215. The Morgan fingerprint density at radius 3 is 2.50 bits per heavy atom. The third-order valence-electron chi connectivity index (χ3n) is 2.28. The van der Waals surface area contributed by atoms with Gasteiger partial charge in [0.05, 0.1) is 0 Å². The van der Waals surface area contributed by atoms with Crippen LogP contribution in [0, 0.1) is 0 Å². The first-order chi connectivity index (χ1) is 5.61. The van der Waals surface area contributed by atoms with Crippen LogP contribution in [0.2, 0.25) is 0 Å². The normalized spacial score (nSPS) is 27.6. The van der Waals surface area contributed by atoms with Gasteiger partial charge in [-0.2, -0.15) is 0 Å². The molecular weight excluding hydrogens is 174 g/mol. The summed E-state index contributed by atoms with van der Waals surface area (Å²) in [5, 5.41) is 2.78. The molecule has 1 unspecified atom stereocenters. The molecule has 0 saturated carbocycles. The SMILES string of the molecule is CS(=O)(=O)C1CCCCCCN1. The summed E-state index contributed by atoms with van der Waals surface area (Å²) in [4.78, 5) is 0. The van der Waals surface area contributed by atoms with E-state index in [2.05, 4.69) is 5.32 Å². The highest BCUT2D eigenvalue weighted by Crippen LogP contribution is 2.12. The predicted octanol–water partition coefficient (Wildman–Crippen LogP) is 0.911. The number of nitrogens with one attached hydrogen (secondary N) is 1. The Balaban J connectivity index is 2.51. The van der Waals surface area contributed by atoms with Gasteiger partial charge in [-0.3, -0.25) is 0 Å². The molecule has 0 spiro atoms. The van der Waals surface area contributed by atoms with Crippen LogP contribution in [0.15, 0.2) is 0 Å². The molecule has 0 aromatic rings. The van der Waals surface area contributed by atoms with Gasteiger partial charge in [-0.1, -0.05) is 19.3 Å². The monoisotopic (exact) mass is 191 g/mol. The summed E-state index contributed by atoms with van der Waals surface area (Å²) in [6, 6.07) is 0. The molecule has 1 aliphatic rings. The zero-order chi connectivity index (χ0) is 9.03. The second kappa shape index (κ2) is 4.23. The minimum absolute atomic E-state index is 0.294. The summed E-state index contributed by atoms with van der Waals surface area (Å²) < 4.78 is 22.4. The van der Waals surface area contributed by atoms with Crippen LogP contribution in [-0.4, -0.2) is 26.6 Å². The molecule has 72 valence electrons. The molecule has 1 saturated heterocycles. The quantitative estimate of drug-likeness (QED) is 0.670. The van der Waals surface area contributed by atoms with E-state index >= 15 is 0 Å². The van der Waals surface area contributed by atoms with Crippen LogP contribution in [0.4, 0.5) is 0 Å². The molecule has 1 aliphatic heterocycles. The molecule has 1 fully saturated rings. The predicted molar refractivity (Wildman–Crippen MR) is 49.7 cm³/mol. The van der Waals surface area contributed by atoms with E-state index in [4.69, 9.17) is 0 Å². The van der Waals surface area contributed by atoms with E-state index in [-0.39, 0.29) is 5.37 Å². The average Bonchev–Trinajstić information content (AvgIpc) is 1.81. The van der Waals surface area contributed by atoms with Crippen molar-refractivity contribution in [3.63, 3.8) is 0 Å². The van der Waals surface area contributed by atoms with Crippen molar-refractivity contribution in [2.75, 3.05) is 12.8 Å². The Morgan fingerprint density at radius 1 is 1.17 bits per heavy atom. The van der Waals surface area contributed by atoms with Gasteiger partial charge in [-0.15, -0.1) is 0 Å². The Labute approximate surface area is 74.5 Å². The summed E-state index contributed by atoms with van der Waals surface area (Å²) in [5.41, 5.74) is 0. The molecule has 1 atom stereocenters. The van der Waals surface area contributed by atoms with E-state index in [9.17, 15) is 8.42 Å². The minimum Gasteiger partial charge on any atom is -0.301 e. The van der Waals surface area contributed by atoms with Crippen molar-refractivity contribution in [3.05, 3.63) is 0 Å². The van der Waals surface area contributed by atoms with Crippen molar-refractivity contribution in [1.82, 2.24) is 5.32 Å². The van der Waals surface area contributed by atoms with Gasteiger partial charge in [0.1, 0.15) is 5.37 Å². The van der Waals surface area contributed by atoms with E-state index in [1.807, 2.05) is 0 Å². The molecule has 0 radical (unpaired) electrons. The molecule has 1 N–H and O–H groups in total. The maximum atomic E-state index is 11.2. The molecular formula is C8H17NO2S. The highest BCUT2D eigenvalue weighted by Gasteiger charge is 2.19. The first-order valence-corrected chi connectivity index (χ1v) is 6.48. The van der Waals surface area contributed by atoms with Crippen molar-refractivity contribution in [1.29, 1.82) is 0 Å². The number of hydrogen-bond donors (Lipinski definition) is 1. The van der Waals surface area contributed by atoms with E-state index in [1.165, 1.54) is 19.1 Å². The highest BCUT2D eigenvalue weighted by molar-refractivity contribution is 7.91. The van der Waals surface area contributed by atoms with Gasteiger partial charge >= 0.3 is 0 Å². The van der Waals surface area contributed by atoms with Gasteiger partial charge in [0.2, 0.25) is 0 Å². The molecule has 1 rings (SSSR count). The van der Waals surface area contributed by atoms with Gasteiger partial charge in [0.25, 0.3) is 0 Å². The third-order valence-corrected chi connectivity index (χ3v) is 3.72. The summed E-state index contributed by atoms with van der Waals surface area (Å²) >= 11 is 0. The minimum atomic E-state index is -2.88. The molecule has 12 heavy (non-hydrogen) atoms. The fourth-order valence-electron chi connectivity index (χ4n) is 1.54. The van der Waals surface area contributed by atoms with Gasteiger partial charge in [-0.05, 0) is 19.4 Å². The zero-order valence-electron chi connectivity index (χ0n) is 7.54. The number of sulfone groups is 1. The Kier molecular flexibility index (Phi) is 3.53. The second-order valence-electron chi connectivity index (χ2n) is 3.48. The van der Waals surface area contributed by atoms with Crippen molar-refractivity contribution >= 4 is 9.84 Å². The summed E-state index contributed by atoms with van der Waals surface area (Å²) in [6.07, 6.45) is 6.62. The maximum Gasteiger partial charge on any atom is 0.163 e. The Morgan fingerprint density at radius 2 is 1.83 bits per heavy atom. The van der Waals surface area contributed by atoms with E-state index in [0.717, 1.165) is 25.8 Å². The lowest BCUT2D eigenvalue weighted by Gasteiger charge is -2.19. The lowest BCUT2D eigenvalue weighted by molar-refractivity contribution is 0.470. The first kappa shape index (κ1) is 9.99. The fourth-order valence-corrected chi connectivity index (χ4v) is 2.55. The summed E-state index contributed by atoms with van der Waals surface area (Å²) in [6.45, 7) is 0.845. The van der Waals surface area contributed by atoms with Crippen LogP contribution in [0.1, 0.15) is 32.1 Å². The molecule has 1 heterocycles. The molecule has 0 bridgehead atoms. The number of hydrogen-bond acceptors (Lipinski definition) is 3. The summed E-state index contributed by atoms with van der Waals surface area (Å²) in [7, 11) is -2.88. The molecule has 0 amide bonds. The van der Waals surface area contributed by atoms with Crippen molar-refractivity contribution < 1.29 is 8.42 Å². The van der Waals surface area contributed by atoms with Gasteiger partial charge in [0, 0.05) is 6.26 Å². The smallest absolute Gasteiger partial charge is 0.163 e. The topological polar surface area (TPSA) is 46.2 Å². The maximum absolute atomic E-state index is 11.2. The van der Waals surface area contributed by atoms with Crippen LogP contribution in [0.3, 0.4) is 0 Å². The summed E-state index contributed by atoms with van der Waals surface area (Å²) in [5.74, 6) is 0. The Hall–Kier alpha value is -0.0900. The van der Waals surface area contributed by atoms with Crippen molar-refractivity contribution in [3.8, 4) is 0 Å². The van der Waals surface area contributed by atoms with E-state index in [1.54, 1.807) is 0 Å². The lowest BCUT2D eigenvalue weighted by Crippen LogP contribution is -2.37. The molecule has 0 aliphatic carbocycles. The molecule has 0 aromatic carbocycles. The standard InChI is InChI=1S/C8H17NO2S/c1-12(10,11)8-6-4-2-3-5-7-9-8/h8-9H,2-7H2,1H3. The van der Waals surface area contributed by atoms with E-state index in [0.29, 0.717) is 0 Å². The molecule has 3 nitrogen and oxygen atoms in total. The van der Waals surface area contributed by atoms with E-state index < -0.39 is 9.84 Å². The molecule has 4 heteroatoms. The third kappa shape index (κ3) is 3.11. The van der Waals surface area contributed by atoms with Gasteiger partial charge in [-0.25, -0.2) is 8.42 Å².